The number of halogens is 4. The summed E-state index contributed by atoms with van der Waals surface area (Å²) in [5.74, 6) is -0.885. The Bertz CT molecular complexity index is 555. The van der Waals surface area contributed by atoms with Crippen molar-refractivity contribution >= 4 is 29.3 Å². The van der Waals surface area contributed by atoms with Crippen LogP contribution in [-0.4, -0.2) is 29.4 Å². The lowest BCUT2D eigenvalue weighted by atomic mass is 10.2. The van der Waals surface area contributed by atoms with Crippen molar-refractivity contribution in [3.63, 3.8) is 0 Å². The number of nitro groups is 1. The van der Waals surface area contributed by atoms with E-state index in [2.05, 4.69) is 5.10 Å². The first kappa shape index (κ1) is 13.4. The molecule has 0 atom stereocenters. The summed E-state index contributed by atoms with van der Waals surface area (Å²) in [5.41, 5.74) is -0.820. The highest BCUT2D eigenvalue weighted by molar-refractivity contribution is 6.32. The summed E-state index contributed by atoms with van der Waals surface area (Å²) in [7, 11) is 0. The lowest BCUT2D eigenvalue weighted by molar-refractivity contribution is -0.384. The minimum atomic E-state index is -2.79. The van der Waals surface area contributed by atoms with Crippen molar-refractivity contribution < 1.29 is 18.1 Å². The van der Waals surface area contributed by atoms with Gasteiger partial charge in [-0.25, -0.2) is 9.40 Å². The zero-order valence-electron chi connectivity index (χ0n) is 9.13. The second-order valence-electron chi connectivity index (χ2n) is 3.58. The Morgan fingerprint density at radius 2 is 2.16 bits per heavy atom. The Balaban J connectivity index is 2.34. The number of hydrogen-bond donors (Lipinski definition) is 0. The molecule has 0 saturated heterocycles. The van der Waals surface area contributed by atoms with Gasteiger partial charge < -0.3 is 0 Å². The minimum absolute atomic E-state index is 0.296. The van der Waals surface area contributed by atoms with Crippen molar-refractivity contribution in [3.8, 4) is 0 Å². The summed E-state index contributed by atoms with van der Waals surface area (Å²) in [6, 6.07) is 1.60. The molecular formula is C9H6ClF3N4O2. The van der Waals surface area contributed by atoms with Crippen LogP contribution in [0.5, 0.6) is 0 Å². The average Bonchev–Trinajstić information content (AvgIpc) is 2.77. The molecule has 0 fully saturated rings. The Hall–Kier alpha value is -2.03. The van der Waals surface area contributed by atoms with Gasteiger partial charge in [0, 0.05) is 12.1 Å². The van der Waals surface area contributed by atoms with Crippen molar-refractivity contribution in [3.05, 3.63) is 33.1 Å². The number of benzene rings is 1. The number of alkyl halides is 2. The largest absolute Gasteiger partial charge is 0.317 e. The van der Waals surface area contributed by atoms with Gasteiger partial charge in [0.1, 0.15) is 23.7 Å². The van der Waals surface area contributed by atoms with E-state index in [1.54, 1.807) is 0 Å². The van der Waals surface area contributed by atoms with Gasteiger partial charge in [-0.05, 0) is 0 Å². The van der Waals surface area contributed by atoms with E-state index in [1.807, 2.05) is 0 Å². The van der Waals surface area contributed by atoms with E-state index < -0.39 is 29.6 Å². The third kappa shape index (κ3) is 2.55. The second kappa shape index (κ2) is 4.92. The van der Waals surface area contributed by atoms with Gasteiger partial charge in [-0.2, -0.15) is 13.9 Å². The predicted molar refractivity (Wildman–Crippen MR) is 61.7 cm³/mol. The normalized spacial score (nSPS) is 14.6. The van der Waals surface area contributed by atoms with E-state index in [1.165, 1.54) is 0 Å². The van der Waals surface area contributed by atoms with Crippen LogP contribution in [0, 0.1) is 15.9 Å². The van der Waals surface area contributed by atoms with Crippen molar-refractivity contribution in [2.45, 2.75) is 6.55 Å². The quantitative estimate of drug-likeness (QED) is 0.488. The highest BCUT2D eigenvalue weighted by atomic mass is 35.5. The highest BCUT2D eigenvalue weighted by Crippen LogP contribution is 2.33. The molecule has 1 aliphatic heterocycles. The number of hydrazone groups is 1. The highest BCUT2D eigenvalue weighted by Gasteiger charge is 2.26. The van der Waals surface area contributed by atoms with Crippen LogP contribution in [0.1, 0.15) is 0 Å². The minimum Gasteiger partial charge on any atom is -0.285 e. The first-order valence-corrected chi connectivity index (χ1v) is 5.27. The molecule has 0 unspecified atom stereocenters. The third-order valence-electron chi connectivity index (χ3n) is 2.38. The number of nitrogens with zero attached hydrogens (tertiary/aromatic N) is 4. The maximum atomic E-state index is 13.6. The van der Waals surface area contributed by atoms with Gasteiger partial charge in [-0.15, -0.1) is 0 Å². The maximum absolute atomic E-state index is 13.6. The monoisotopic (exact) mass is 294 g/mol. The molecule has 0 spiro atoms. The molecule has 0 aliphatic carbocycles. The van der Waals surface area contributed by atoms with Gasteiger partial charge >= 0.3 is 6.55 Å². The van der Waals surface area contributed by atoms with Gasteiger partial charge in [-0.1, -0.05) is 11.6 Å². The van der Waals surface area contributed by atoms with Crippen LogP contribution in [0.2, 0.25) is 5.02 Å². The summed E-state index contributed by atoms with van der Waals surface area (Å²) >= 11 is 5.51. The van der Waals surface area contributed by atoms with Gasteiger partial charge in [-0.3, -0.25) is 15.0 Å². The first-order chi connectivity index (χ1) is 8.90. The van der Waals surface area contributed by atoms with Gasteiger partial charge in [0.2, 0.25) is 0 Å². The first-order valence-electron chi connectivity index (χ1n) is 4.89. The molecular weight excluding hydrogens is 289 g/mol. The van der Waals surface area contributed by atoms with Crippen LogP contribution in [0.15, 0.2) is 17.2 Å². The zero-order valence-corrected chi connectivity index (χ0v) is 9.89. The van der Waals surface area contributed by atoms with E-state index in [0.29, 0.717) is 4.90 Å². The molecule has 1 aliphatic rings. The SMILES string of the molecule is O=[N+]([O-])c1cc(N2CN(C(F)F)C=N2)c(F)cc1Cl. The summed E-state index contributed by atoms with van der Waals surface area (Å²) in [6.45, 7) is -3.20. The molecule has 102 valence electrons. The zero-order chi connectivity index (χ0) is 14.2. The van der Waals surface area contributed by atoms with Gasteiger partial charge in [0.25, 0.3) is 5.69 Å². The van der Waals surface area contributed by atoms with Crippen LogP contribution < -0.4 is 5.01 Å². The van der Waals surface area contributed by atoms with E-state index in [9.17, 15) is 23.3 Å². The van der Waals surface area contributed by atoms with E-state index in [0.717, 1.165) is 23.5 Å². The van der Waals surface area contributed by atoms with E-state index >= 15 is 0 Å². The molecule has 1 aromatic rings. The maximum Gasteiger partial charge on any atom is 0.317 e. The molecule has 10 heteroatoms. The van der Waals surface area contributed by atoms with Crippen molar-refractivity contribution in [1.29, 1.82) is 0 Å². The van der Waals surface area contributed by atoms with Gasteiger partial charge in [0.15, 0.2) is 5.82 Å². The lowest BCUT2D eigenvalue weighted by Crippen LogP contribution is -2.30. The molecule has 6 nitrogen and oxygen atoms in total. The van der Waals surface area contributed by atoms with Crippen molar-refractivity contribution in [2.24, 2.45) is 5.10 Å². The fraction of sp³-hybridized carbons (Fsp3) is 0.222. The van der Waals surface area contributed by atoms with Crippen LogP contribution in [0.25, 0.3) is 0 Å². The van der Waals surface area contributed by atoms with Crippen LogP contribution in [0.4, 0.5) is 24.5 Å². The summed E-state index contributed by atoms with van der Waals surface area (Å²) < 4.78 is 38.4. The molecule has 0 radical (unpaired) electrons. The number of hydrogen-bond acceptors (Lipinski definition) is 5. The van der Waals surface area contributed by atoms with E-state index in [-0.39, 0.29) is 10.7 Å². The second-order valence-corrected chi connectivity index (χ2v) is 3.98. The molecule has 2 rings (SSSR count). The third-order valence-corrected chi connectivity index (χ3v) is 2.68. The molecule has 1 aromatic carbocycles. The predicted octanol–water partition coefficient (Wildman–Crippen LogP) is 2.63. The number of nitro benzene ring substituents is 1. The molecule has 0 amide bonds. The van der Waals surface area contributed by atoms with E-state index in [4.69, 9.17) is 11.6 Å². The Labute approximate surface area is 109 Å². The fourth-order valence-electron chi connectivity index (χ4n) is 1.47. The molecule has 19 heavy (non-hydrogen) atoms. The molecule has 0 aromatic heterocycles. The van der Waals surface area contributed by atoms with Crippen molar-refractivity contribution in [2.75, 3.05) is 11.7 Å². The summed E-state index contributed by atoms with van der Waals surface area (Å²) in [5, 5.41) is 14.7. The van der Waals surface area contributed by atoms with Crippen molar-refractivity contribution in [1.82, 2.24) is 4.90 Å². The van der Waals surface area contributed by atoms with Gasteiger partial charge in [0.05, 0.1) is 4.92 Å². The molecule has 1 heterocycles. The van der Waals surface area contributed by atoms with Crippen LogP contribution in [0.3, 0.4) is 0 Å². The van der Waals surface area contributed by atoms with Crippen LogP contribution in [-0.2, 0) is 0 Å². The standard InChI is InChI=1S/C9H6ClF3N4O2/c10-5-1-6(11)8(2-7(5)17(18)19)16-4-15(3-14-16)9(12)13/h1-3,9H,4H2. The summed E-state index contributed by atoms with van der Waals surface area (Å²) in [4.78, 5) is 10.4. The summed E-state index contributed by atoms with van der Waals surface area (Å²) in [6.07, 6.45) is 0.824. The molecule has 0 N–H and O–H groups in total. The number of rotatable bonds is 3. The smallest absolute Gasteiger partial charge is 0.285 e. The average molecular weight is 295 g/mol. The Kier molecular flexibility index (Phi) is 3.47. The van der Waals surface area contributed by atoms with Crippen LogP contribution >= 0.6 is 11.6 Å². The Morgan fingerprint density at radius 1 is 1.47 bits per heavy atom. The topological polar surface area (TPSA) is 62.0 Å². The number of anilines is 1. The lowest BCUT2D eigenvalue weighted by Gasteiger charge is -2.18. The fourth-order valence-corrected chi connectivity index (χ4v) is 1.69. The molecule has 0 saturated carbocycles. The molecule has 0 bridgehead atoms. The Morgan fingerprint density at radius 3 is 2.68 bits per heavy atom.